The first-order valence-electron chi connectivity index (χ1n) is 7.27. The molecule has 1 aliphatic rings. The van der Waals surface area contributed by atoms with Gasteiger partial charge in [0.15, 0.2) is 0 Å². The zero-order chi connectivity index (χ0) is 15.4. The van der Waals surface area contributed by atoms with Crippen molar-refractivity contribution in [2.45, 2.75) is 6.92 Å². The SMILES string of the molecule is Cc1nc(N2CCOCC2)ncc1C(=O)Nc1ccccc1. The number of para-hydroxylation sites is 1. The van der Waals surface area contributed by atoms with Crippen molar-refractivity contribution in [3.05, 3.63) is 47.8 Å². The van der Waals surface area contributed by atoms with Crippen LogP contribution in [0, 0.1) is 6.92 Å². The third-order valence-electron chi connectivity index (χ3n) is 3.54. The van der Waals surface area contributed by atoms with Gasteiger partial charge in [0, 0.05) is 25.0 Å². The van der Waals surface area contributed by atoms with Crippen LogP contribution < -0.4 is 10.2 Å². The van der Waals surface area contributed by atoms with Crippen molar-refractivity contribution in [3.63, 3.8) is 0 Å². The predicted octanol–water partition coefficient (Wildman–Crippen LogP) is 1.87. The minimum atomic E-state index is -0.197. The van der Waals surface area contributed by atoms with Crippen LogP contribution in [0.1, 0.15) is 16.1 Å². The third kappa shape index (κ3) is 3.23. The number of carbonyl (C=O) groups is 1. The summed E-state index contributed by atoms with van der Waals surface area (Å²) in [5.41, 5.74) is 1.91. The molecule has 1 fully saturated rings. The molecule has 1 amide bonds. The van der Waals surface area contributed by atoms with E-state index in [2.05, 4.69) is 20.2 Å². The molecule has 1 aliphatic heterocycles. The maximum absolute atomic E-state index is 12.3. The molecule has 0 bridgehead atoms. The first-order chi connectivity index (χ1) is 10.7. The highest BCUT2D eigenvalue weighted by Gasteiger charge is 2.17. The highest BCUT2D eigenvalue weighted by Crippen LogP contribution is 2.14. The Morgan fingerprint density at radius 2 is 1.95 bits per heavy atom. The molecule has 3 rings (SSSR count). The number of nitrogens with zero attached hydrogens (tertiary/aromatic N) is 3. The Labute approximate surface area is 129 Å². The number of ether oxygens (including phenoxy) is 1. The van der Waals surface area contributed by atoms with E-state index in [1.54, 1.807) is 6.20 Å². The Morgan fingerprint density at radius 3 is 2.64 bits per heavy atom. The van der Waals surface area contributed by atoms with E-state index < -0.39 is 0 Å². The van der Waals surface area contributed by atoms with E-state index in [4.69, 9.17) is 4.74 Å². The molecule has 0 aliphatic carbocycles. The maximum atomic E-state index is 12.3. The summed E-state index contributed by atoms with van der Waals surface area (Å²) in [7, 11) is 0. The lowest BCUT2D eigenvalue weighted by Gasteiger charge is -2.27. The Kier molecular flexibility index (Phi) is 4.29. The molecule has 6 nitrogen and oxygen atoms in total. The molecule has 0 radical (unpaired) electrons. The van der Waals surface area contributed by atoms with Gasteiger partial charge in [-0.1, -0.05) is 18.2 Å². The Morgan fingerprint density at radius 1 is 1.23 bits per heavy atom. The van der Waals surface area contributed by atoms with E-state index >= 15 is 0 Å². The van der Waals surface area contributed by atoms with Gasteiger partial charge in [0.1, 0.15) is 0 Å². The summed E-state index contributed by atoms with van der Waals surface area (Å²) in [6.45, 7) is 4.73. The smallest absolute Gasteiger partial charge is 0.259 e. The van der Waals surface area contributed by atoms with Crippen molar-refractivity contribution >= 4 is 17.5 Å². The summed E-state index contributed by atoms with van der Waals surface area (Å²) in [5.74, 6) is 0.453. The summed E-state index contributed by atoms with van der Waals surface area (Å²) < 4.78 is 5.32. The van der Waals surface area contributed by atoms with Gasteiger partial charge in [-0.15, -0.1) is 0 Å². The number of anilines is 2. The monoisotopic (exact) mass is 298 g/mol. The second kappa shape index (κ2) is 6.53. The first-order valence-corrected chi connectivity index (χ1v) is 7.27. The molecule has 0 atom stereocenters. The van der Waals surface area contributed by atoms with E-state index in [9.17, 15) is 4.79 Å². The van der Waals surface area contributed by atoms with Crippen LogP contribution in [-0.2, 0) is 4.74 Å². The van der Waals surface area contributed by atoms with Gasteiger partial charge in [0.05, 0.1) is 24.5 Å². The van der Waals surface area contributed by atoms with Crippen molar-refractivity contribution in [1.82, 2.24) is 9.97 Å². The first kappa shape index (κ1) is 14.5. The lowest BCUT2D eigenvalue weighted by atomic mass is 10.2. The van der Waals surface area contributed by atoms with Crippen molar-refractivity contribution < 1.29 is 9.53 Å². The molecule has 1 aromatic carbocycles. The topological polar surface area (TPSA) is 67.3 Å². The van der Waals surface area contributed by atoms with Crippen LogP contribution in [0.3, 0.4) is 0 Å². The number of amides is 1. The second-order valence-corrected chi connectivity index (χ2v) is 5.09. The molecule has 6 heteroatoms. The number of aromatic nitrogens is 2. The summed E-state index contributed by atoms with van der Waals surface area (Å²) in [6.07, 6.45) is 1.59. The average molecular weight is 298 g/mol. The minimum absolute atomic E-state index is 0.197. The molecule has 2 heterocycles. The van der Waals surface area contributed by atoms with Crippen LogP contribution in [0.15, 0.2) is 36.5 Å². The van der Waals surface area contributed by atoms with E-state index in [1.165, 1.54) is 0 Å². The highest BCUT2D eigenvalue weighted by molar-refractivity contribution is 6.04. The van der Waals surface area contributed by atoms with Gasteiger partial charge >= 0.3 is 0 Å². The molecule has 0 unspecified atom stereocenters. The Balaban J connectivity index is 1.75. The molecule has 1 N–H and O–H groups in total. The normalized spacial score (nSPS) is 14.7. The fourth-order valence-electron chi connectivity index (χ4n) is 2.31. The van der Waals surface area contributed by atoms with Gasteiger partial charge in [-0.3, -0.25) is 4.79 Å². The van der Waals surface area contributed by atoms with Crippen LogP contribution >= 0.6 is 0 Å². The number of carbonyl (C=O) groups excluding carboxylic acids is 1. The predicted molar refractivity (Wildman–Crippen MR) is 84.2 cm³/mol. The highest BCUT2D eigenvalue weighted by atomic mass is 16.5. The average Bonchev–Trinajstić information content (AvgIpc) is 2.56. The van der Waals surface area contributed by atoms with Gasteiger partial charge < -0.3 is 15.0 Å². The fourth-order valence-corrected chi connectivity index (χ4v) is 2.31. The molecule has 0 saturated carbocycles. The Hall–Kier alpha value is -2.47. The largest absolute Gasteiger partial charge is 0.378 e. The number of nitrogens with one attached hydrogen (secondary N) is 1. The second-order valence-electron chi connectivity index (χ2n) is 5.09. The molecular formula is C16H18N4O2. The van der Waals surface area contributed by atoms with Crippen LogP contribution in [0.25, 0.3) is 0 Å². The van der Waals surface area contributed by atoms with E-state index in [0.717, 1.165) is 18.8 Å². The van der Waals surface area contributed by atoms with Crippen molar-refractivity contribution in [2.75, 3.05) is 36.5 Å². The van der Waals surface area contributed by atoms with Crippen LogP contribution in [0.5, 0.6) is 0 Å². The number of rotatable bonds is 3. The van der Waals surface area contributed by atoms with Gasteiger partial charge in [-0.05, 0) is 19.1 Å². The molecule has 0 spiro atoms. The molecule has 22 heavy (non-hydrogen) atoms. The third-order valence-corrected chi connectivity index (χ3v) is 3.54. The van der Waals surface area contributed by atoms with Gasteiger partial charge in [-0.2, -0.15) is 0 Å². The molecule has 114 valence electrons. The minimum Gasteiger partial charge on any atom is -0.378 e. The Bertz CT molecular complexity index is 654. The molecule has 1 saturated heterocycles. The lowest BCUT2D eigenvalue weighted by molar-refractivity contribution is 0.102. The quantitative estimate of drug-likeness (QED) is 0.937. The van der Waals surface area contributed by atoms with Crippen molar-refractivity contribution in [2.24, 2.45) is 0 Å². The van der Waals surface area contributed by atoms with Gasteiger partial charge in [0.25, 0.3) is 5.91 Å². The summed E-state index contributed by atoms with van der Waals surface area (Å²) >= 11 is 0. The zero-order valence-electron chi connectivity index (χ0n) is 12.5. The summed E-state index contributed by atoms with van der Waals surface area (Å²) in [4.78, 5) is 23.1. The number of benzene rings is 1. The van der Waals surface area contributed by atoms with E-state index in [1.807, 2.05) is 37.3 Å². The van der Waals surface area contributed by atoms with Gasteiger partial charge in [0.2, 0.25) is 5.95 Å². The summed E-state index contributed by atoms with van der Waals surface area (Å²) in [5, 5.41) is 2.85. The van der Waals surface area contributed by atoms with Gasteiger partial charge in [-0.25, -0.2) is 9.97 Å². The zero-order valence-corrected chi connectivity index (χ0v) is 12.5. The fraction of sp³-hybridized carbons (Fsp3) is 0.312. The van der Waals surface area contributed by atoms with Crippen LogP contribution in [-0.4, -0.2) is 42.2 Å². The van der Waals surface area contributed by atoms with Crippen LogP contribution in [0.4, 0.5) is 11.6 Å². The van der Waals surface area contributed by atoms with E-state index in [0.29, 0.717) is 30.4 Å². The van der Waals surface area contributed by atoms with E-state index in [-0.39, 0.29) is 5.91 Å². The van der Waals surface area contributed by atoms with Crippen molar-refractivity contribution in [1.29, 1.82) is 0 Å². The number of hydrogen-bond donors (Lipinski definition) is 1. The summed E-state index contributed by atoms with van der Waals surface area (Å²) in [6, 6.07) is 9.34. The van der Waals surface area contributed by atoms with Crippen molar-refractivity contribution in [3.8, 4) is 0 Å². The molecule has 1 aromatic heterocycles. The standard InChI is InChI=1S/C16H18N4O2/c1-12-14(15(21)19-13-5-3-2-4-6-13)11-17-16(18-12)20-7-9-22-10-8-20/h2-6,11H,7-10H2,1H3,(H,19,21). The lowest BCUT2D eigenvalue weighted by Crippen LogP contribution is -2.37. The number of hydrogen-bond acceptors (Lipinski definition) is 5. The number of aryl methyl sites for hydroxylation is 1. The molecule has 2 aromatic rings. The molecular weight excluding hydrogens is 280 g/mol. The number of morpholine rings is 1. The van der Waals surface area contributed by atoms with Crippen LogP contribution in [0.2, 0.25) is 0 Å². The maximum Gasteiger partial charge on any atom is 0.259 e.